The molecule has 92 valence electrons. The average Bonchev–Trinajstić information content (AvgIpc) is 2.47. The molecule has 3 rings (SSSR count). The van der Waals surface area contributed by atoms with E-state index in [1.807, 2.05) is 0 Å². The Balaban J connectivity index is 1.95. The zero-order chi connectivity index (χ0) is 12.4. The lowest BCUT2D eigenvalue weighted by Gasteiger charge is -2.33. The first-order chi connectivity index (χ1) is 8.88. The molecule has 2 atom stereocenters. The number of anilines is 1. The van der Waals surface area contributed by atoms with Gasteiger partial charge in [0, 0.05) is 5.69 Å². The van der Waals surface area contributed by atoms with E-state index in [1.165, 1.54) is 29.7 Å². The molecule has 1 nitrogen and oxygen atoms in total. The Kier molecular flexibility index (Phi) is 3.06. The van der Waals surface area contributed by atoms with E-state index in [2.05, 4.69) is 66.8 Å². The smallest absolute Gasteiger partial charge is 0.0519 e. The number of rotatable bonds is 2. The fraction of sp³-hybridized carbons (Fsp3) is 0.294. The van der Waals surface area contributed by atoms with Crippen LogP contribution in [0.3, 0.4) is 0 Å². The summed E-state index contributed by atoms with van der Waals surface area (Å²) >= 11 is 0. The second-order valence-electron chi connectivity index (χ2n) is 5.04. The third-order valence-electron chi connectivity index (χ3n) is 3.95. The Hall–Kier alpha value is -1.76. The summed E-state index contributed by atoms with van der Waals surface area (Å²) in [6.45, 7) is 2.29. The van der Waals surface area contributed by atoms with Crippen LogP contribution in [-0.2, 0) is 0 Å². The van der Waals surface area contributed by atoms with Gasteiger partial charge in [0.1, 0.15) is 0 Å². The summed E-state index contributed by atoms with van der Waals surface area (Å²) < 4.78 is 0. The van der Waals surface area contributed by atoms with Crippen LogP contribution in [0.4, 0.5) is 5.69 Å². The van der Waals surface area contributed by atoms with Gasteiger partial charge < -0.3 is 5.32 Å². The molecule has 2 aromatic carbocycles. The van der Waals surface area contributed by atoms with Gasteiger partial charge in [-0.2, -0.15) is 0 Å². The van der Waals surface area contributed by atoms with Gasteiger partial charge >= 0.3 is 0 Å². The topological polar surface area (TPSA) is 12.0 Å². The van der Waals surface area contributed by atoms with Crippen molar-refractivity contribution < 1.29 is 0 Å². The predicted molar refractivity (Wildman–Crippen MR) is 76.9 cm³/mol. The molecule has 2 aromatic rings. The van der Waals surface area contributed by atoms with Gasteiger partial charge in [0.05, 0.1) is 6.04 Å². The third kappa shape index (κ3) is 2.01. The molecule has 0 aliphatic carbocycles. The highest BCUT2D eigenvalue weighted by molar-refractivity contribution is 5.56. The van der Waals surface area contributed by atoms with Crippen molar-refractivity contribution in [3.63, 3.8) is 0 Å². The molecule has 1 aliphatic heterocycles. The highest BCUT2D eigenvalue weighted by Gasteiger charge is 2.25. The maximum atomic E-state index is 3.68. The summed E-state index contributed by atoms with van der Waals surface area (Å²) in [5.41, 5.74) is 4.18. The third-order valence-corrected chi connectivity index (χ3v) is 3.95. The van der Waals surface area contributed by atoms with Crippen molar-refractivity contribution in [1.82, 2.24) is 0 Å². The molecule has 0 saturated heterocycles. The second-order valence-corrected chi connectivity index (χ2v) is 5.04. The Morgan fingerprint density at radius 3 is 2.50 bits per heavy atom. The molecule has 0 saturated carbocycles. The fourth-order valence-electron chi connectivity index (χ4n) is 2.93. The lowest BCUT2D eigenvalue weighted by molar-refractivity contribution is 0.532. The lowest BCUT2D eigenvalue weighted by atomic mass is 9.83. The van der Waals surface area contributed by atoms with Gasteiger partial charge in [-0.15, -0.1) is 0 Å². The van der Waals surface area contributed by atoms with Gasteiger partial charge in [-0.05, 0) is 36.0 Å². The zero-order valence-corrected chi connectivity index (χ0v) is 10.8. The van der Waals surface area contributed by atoms with Gasteiger partial charge in [-0.3, -0.25) is 0 Å². The molecule has 0 unspecified atom stereocenters. The van der Waals surface area contributed by atoms with E-state index in [0.717, 1.165) is 0 Å². The first kappa shape index (κ1) is 11.3. The second kappa shape index (κ2) is 4.85. The van der Waals surface area contributed by atoms with Crippen LogP contribution in [0.1, 0.15) is 42.9 Å². The zero-order valence-electron chi connectivity index (χ0n) is 10.8. The summed E-state index contributed by atoms with van der Waals surface area (Å²) in [6.07, 6.45) is 2.40. The minimum absolute atomic E-state index is 0.450. The summed E-state index contributed by atoms with van der Waals surface area (Å²) in [5.74, 6) is 0.674. The Morgan fingerprint density at radius 2 is 1.72 bits per heavy atom. The maximum absolute atomic E-state index is 3.68. The Morgan fingerprint density at radius 1 is 1.00 bits per heavy atom. The number of hydrogen-bond acceptors (Lipinski definition) is 1. The summed E-state index contributed by atoms with van der Waals surface area (Å²) in [6, 6.07) is 19.9. The monoisotopic (exact) mass is 237 g/mol. The molecule has 1 heteroatoms. The van der Waals surface area contributed by atoms with Crippen LogP contribution < -0.4 is 5.32 Å². The van der Waals surface area contributed by atoms with Crippen molar-refractivity contribution in [2.45, 2.75) is 31.7 Å². The largest absolute Gasteiger partial charge is 0.378 e. The SMILES string of the molecule is CC[C@@H]1C[C@H](c2ccccc2)Nc2ccccc21. The molecule has 1 heterocycles. The predicted octanol–water partition coefficient (Wildman–Crippen LogP) is 4.74. The van der Waals surface area contributed by atoms with Gasteiger partial charge in [0.25, 0.3) is 0 Å². The Labute approximate surface area is 109 Å². The van der Waals surface area contributed by atoms with Crippen LogP contribution in [0.15, 0.2) is 54.6 Å². The van der Waals surface area contributed by atoms with E-state index in [1.54, 1.807) is 0 Å². The molecule has 18 heavy (non-hydrogen) atoms. The number of hydrogen-bond donors (Lipinski definition) is 1. The minimum Gasteiger partial charge on any atom is -0.378 e. The van der Waals surface area contributed by atoms with Gasteiger partial charge in [-0.1, -0.05) is 55.5 Å². The first-order valence-corrected chi connectivity index (χ1v) is 6.79. The van der Waals surface area contributed by atoms with Gasteiger partial charge in [-0.25, -0.2) is 0 Å². The highest BCUT2D eigenvalue weighted by atomic mass is 14.9. The quantitative estimate of drug-likeness (QED) is 0.795. The van der Waals surface area contributed by atoms with E-state index in [-0.39, 0.29) is 0 Å². The fourth-order valence-corrected chi connectivity index (χ4v) is 2.93. The van der Waals surface area contributed by atoms with Crippen LogP contribution in [0.2, 0.25) is 0 Å². The number of benzene rings is 2. The minimum atomic E-state index is 0.450. The van der Waals surface area contributed by atoms with Gasteiger partial charge in [0.2, 0.25) is 0 Å². The van der Waals surface area contributed by atoms with E-state index in [0.29, 0.717) is 12.0 Å². The summed E-state index contributed by atoms with van der Waals surface area (Å²) in [7, 11) is 0. The number of nitrogens with one attached hydrogen (secondary N) is 1. The van der Waals surface area contributed by atoms with Crippen molar-refractivity contribution in [2.75, 3.05) is 5.32 Å². The van der Waals surface area contributed by atoms with Gasteiger partial charge in [0.15, 0.2) is 0 Å². The molecular formula is C17H19N. The normalized spacial score (nSPS) is 22.1. The van der Waals surface area contributed by atoms with Crippen LogP contribution >= 0.6 is 0 Å². The van der Waals surface area contributed by atoms with Crippen molar-refractivity contribution in [1.29, 1.82) is 0 Å². The average molecular weight is 237 g/mol. The highest BCUT2D eigenvalue weighted by Crippen LogP contribution is 2.41. The first-order valence-electron chi connectivity index (χ1n) is 6.79. The van der Waals surface area contributed by atoms with E-state index in [4.69, 9.17) is 0 Å². The van der Waals surface area contributed by atoms with E-state index < -0.39 is 0 Å². The van der Waals surface area contributed by atoms with Crippen molar-refractivity contribution in [3.05, 3.63) is 65.7 Å². The molecule has 0 fully saturated rings. The van der Waals surface area contributed by atoms with E-state index in [9.17, 15) is 0 Å². The molecule has 0 spiro atoms. The summed E-state index contributed by atoms with van der Waals surface area (Å²) in [4.78, 5) is 0. The van der Waals surface area contributed by atoms with Crippen LogP contribution in [0.25, 0.3) is 0 Å². The van der Waals surface area contributed by atoms with Crippen LogP contribution in [-0.4, -0.2) is 0 Å². The molecule has 1 aliphatic rings. The van der Waals surface area contributed by atoms with Crippen LogP contribution in [0, 0.1) is 0 Å². The molecular weight excluding hydrogens is 218 g/mol. The number of para-hydroxylation sites is 1. The van der Waals surface area contributed by atoms with Crippen molar-refractivity contribution >= 4 is 5.69 Å². The summed E-state index contributed by atoms with van der Waals surface area (Å²) in [5, 5.41) is 3.68. The molecule has 0 radical (unpaired) electrons. The van der Waals surface area contributed by atoms with Crippen LogP contribution in [0.5, 0.6) is 0 Å². The molecule has 0 bridgehead atoms. The molecule has 0 amide bonds. The molecule has 0 aromatic heterocycles. The van der Waals surface area contributed by atoms with E-state index >= 15 is 0 Å². The number of fused-ring (bicyclic) bond motifs is 1. The molecule has 1 N–H and O–H groups in total. The lowest BCUT2D eigenvalue weighted by Crippen LogP contribution is -2.21. The Bertz CT molecular complexity index is 518. The standard InChI is InChI=1S/C17H19N/c1-2-13-12-17(14-8-4-3-5-9-14)18-16-11-7-6-10-15(13)16/h3-11,13,17-18H,2,12H2,1H3/t13-,17-/m1/s1. The maximum Gasteiger partial charge on any atom is 0.0519 e. The van der Waals surface area contributed by atoms with Crippen molar-refractivity contribution in [2.24, 2.45) is 0 Å². The van der Waals surface area contributed by atoms with Crippen molar-refractivity contribution in [3.8, 4) is 0 Å².